The Bertz CT molecular complexity index is 167. The molecule has 0 aromatic rings. The molecule has 0 spiro atoms. The van der Waals surface area contributed by atoms with Gasteiger partial charge in [-0.25, -0.2) is 4.99 Å². The molecule has 0 radical (unpaired) electrons. The van der Waals surface area contributed by atoms with E-state index in [0.29, 0.717) is 6.61 Å². The Kier molecular flexibility index (Phi) is 4.96. The van der Waals surface area contributed by atoms with Gasteiger partial charge in [0.1, 0.15) is 6.61 Å². The van der Waals surface area contributed by atoms with Crippen LogP contribution >= 0.6 is 0 Å². The fourth-order valence-electron chi connectivity index (χ4n) is 0.855. The minimum absolute atomic E-state index is 0.486. The summed E-state index contributed by atoms with van der Waals surface area (Å²) in [5, 5.41) is 3.24. The average molecular weight is 167 g/mol. The van der Waals surface area contributed by atoms with Crippen molar-refractivity contribution in [2.24, 2.45) is 5.16 Å². The van der Waals surface area contributed by atoms with Crippen molar-refractivity contribution in [2.45, 2.75) is 19.3 Å². The normalized spacial score (nSPS) is 19.3. The number of hydrogen-bond acceptors (Lipinski definition) is 3. The summed E-state index contributed by atoms with van der Waals surface area (Å²) < 4.78 is 0. The lowest BCUT2D eigenvalue weighted by Crippen LogP contribution is -1.77. The minimum Gasteiger partial charge on any atom is -0.221 e. The van der Waals surface area contributed by atoms with Crippen LogP contribution < -0.4 is 0 Å². The molecule has 0 saturated carbocycles. The van der Waals surface area contributed by atoms with Crippen LogP contribution in [0, 0.1) is 0 Å². The number of allylic oxidation sites excluding steroid dienone is 4. The van der Waals surface area contributed by atoms with Crippen LogP contribution in [0.15, 0.2) is 29.5 Å². The largest absolute Gasteiger partial charge is 0.221 e. The van der Waals surface area contributed by atoms with Crippen LogP contribution in [-0.2, 0) is 9.88 Å². The van der Waals surface area contributed by atoms with Crippen molar-refractivity contribution in [2.75, 3.05) is 6.61 Å². The molecule has 3 heteroatoms. The van der Waals surface area contributed by atoms with Crippen LogP contribution in [0.3, 0.4) is 0 Å². The first-order valence-corrected chi connectivity index (χ1v) is 4.12. The molecule has 1 aliphatic carbocycles. The van der Waals surface area contributed by atoms with E-state index in [1.807, 2.05) is 0 Å². The van der Waals surface area contributed by atoms with Gasteiger partial charge >= 0.3 is 0 Å². The van der Waals surface area contributed by atoms with Gasteiger partial charge in [0.2, 0.25) is 0 Å². The Morgan fingerprint density at radius 2 is 1.83 bits per heavy atom. The lowest BCUT2D eigenvalue weighted by molar-refractivity contribution is -0.266. The van der Waals surface area contributed by atoms with E-state index >= 15 is 0 Å². The zero-order valence-electron chi connectivity index (χ0n) is 6.98. The second kappa shape index (κ2) is 6.61. The van der Waals surface area contributed by atoms with Gasteiger partial charge in [0, 0.05) is 0 Å². The van der Waals surface area contributed by atoms with Crippen LogP contribution in [0.2, 0.25) is 0 Å². The highest BCUT2D eigenvalue weighted by Gasteiger charge is 1.86. The van der Waals surface area contributed by atoms with Crippen LogP contribution in [0.1, 0.15) is 19.3 Å². The van der Waals surface area contributed by atoms with Crippen molar-refractivity contribution in [3.05, 3.63) is 24.3 Å². The molecule has 1 aliphatic heterocycles. The summed E-state index contributed by atoms with van der Waals surface area (Å²) in [6.45, 7) is 0.486. The van der Waals surface area contributed by atoms with Crippen LogP contribution in [0.25, 0.3) is 0 Å². The van der Waals surface area contributed by atoms with Crippen LogP contribution in [0.4, 0.5) is 0 Å². The first kappa shape index (κ1) is 9.00. The molecule has 0 aromatic heterocycles. The van der Waals surface area contributed by atoms with Crippen molar-refractivity contribution in [3.8, 4) is 0 Å². The van der Waals surface area contributed by atoms with Gasteiger partial charge in [0.05, 0.1) is 6.21 Å². The topological polar surface area (TPSA) is 30.8 Å². The summed E-state index contributed by atoms with van der Waals surface area (Å²) in [6, 6.07) is 0. The molecule has 0 bridgehead atoms. The van der Waals surface area contributed by atoms with Gasteiger partial charge in [-0.15, -0.1) is 0 Å². The number of rotatable bonds is 0. The molecule has 0 fully saturated rings. The van der Waals surface area contributed by atoms with Crippen molar-refractivity contribution < 1.29 is 9.88 Å². The summed E-state index contributed by atoms with van der Waals surface area (Å²) in [5.41, 5.74) is 0. The Balaban J connectivity index is 0.000000127. The molecule has 2 aliphatic rings. The number of hydrogen-bond donors (Lipinski definition) is 0. The molecular weight excluding hydrogens is 154 g/mol. The molecule has 2 rings (SSSR count). The maximum atomic E-state index is 4.22. The second-order valence-electron chi connectivity index (χ2n) is 2.43. The van der Waals surface area contributed by atoms with Gasteiger partial charge in [0.15, 0.2) is 0 Å². The van der Waals surface area contributed by atoms with Crippen molar-refractivity contribution >= 4 is 6.21 Å². The summed E-state index contributed by atoms with van der Waals surface area (Å²) in [7, 11) is 0. The number of nitrogens with zero attached hydrogens (tertiary/aromatic N) is 1. The van der Waals surface area contributed by atoms with Gasteiger partial charge in [-0.1, -0.05) is 29.5 Å². The molecule has 66 valence electrons. The highest BCUT2D eigenvalue weighted by Crippen LogP contribution is 2.01. The van der Waals surface area contributed by atoms with E-state index in [2.05, 4.69) is 39.3 Å². The van der Waals surface area contributed by atoms with Gasteiger partial charge in [-0.2, -0.15) is 4.89 Å². The first-order chi connectivity index (χ1) is 6.00. The molecular formula is C9H13NO2. The van der Waals surface area contributed by atoms with E-state index in [1.54, 1.807) is 6.21 Å². The predicted molar refractivity (Wildman–Crippen MR) is 47.7 cm³/mol. The van der Waals surface area contributed by atoms with Crippen molar-refractivity contribution in [1.29, 1.82) is 0 Å². The number of oxime groups is 1. The summed E-state index contributed by atoms with van der Waals surface area (Å²) >= 11 is 0. The molecule has 0 aromatic carbocycles. The fraction of sp³-hybridized carbons (Fsp3) is 0.444. The van der Waals surface area contributed by atoms with Gasteiger partial charge in [-0.3, -0.25) is 0 Å². The van der Waals surface area contributed by atoms with Gasteiger partial charge in [0.25, 0.3) is 0 Å². The van der Waals surface area contributed by atoms with Crippen molar-refractivity contribution in [3.63, 3.8) is 0 Å². The Morgan fingerprint density at radius 3 is 2.25 bits per heavy atom. The predicted octanol–water partition coefficient (Wildman–Crippen LogP) is 2.22. The molecule has 0 amide bonds. The third-order valence-electron chi connectivity index (χ3n) is 1.44. The molecule has 12 heavy (non-hydrogen) atoms. The Morgan fingerprint density at radius 1 is 1.08 bits per heavy atom. The van der Waals surface area contributed by atoms with Crippen LogP contribution in [0.5, 0.6) is 0 Å². The lowest BCUT2D eigenvalue weighted by atomic mass is 10.2. The SMILES string of the molecule is C1=CCCCC=C1.C1=NOOC1. The highest BCUT2D eigenvalue weighted by molar-refractivity contribution is 5.58. The Hall–Kier alpha value is -1.09. The van der Waals surface area contributed by atoms with E-state index in [-0.39, 0.29) is 0 Å². The third kappa shape index (κ3) is 4.68. The zero-order valence-corrected chi connectivity index (χ0v) is 6.98. The smallest absolute Gasteiger partial charge is 0.135 e. The van der Waals surface area contributed by atoms with Crippen molar-refractivity contribution in [1.82, 2.24) is 0 Å². The fourth-order valence-corrected chi connectivity index (χ4v) is 0.855. The molecule has 0 atom stereocenters. The van der Waals surface area contributed by atoms with Gasteiger partial charge < -0.3 is 0 Å². The monoisotopic (exact) mass is 167 g/mol. The maximum absolute atomic E-state index is 4.22. The van der Waals surface area contributed by atoms with E-state index in [9.17, 15) is 0 Å². The quantitative estimate of drug-likeness (QED) is 0.518. The van der Waals surface area contributed by atoms with Crippen LogP contribution in [-0.4, -0.2) is 12.8 Å². The molecule has 0 N–H and O–H groups in total. The molecule has 3 nitrogen and oxygen atoms in total. The average Bonchev–Trinajstić information content (AvgIpc) is 2.54. The van der Waals surface area contributed by atoms with Gasteiger partial charge in [-0.05, 0) is 19.3 Å². The van der Waals surface area contributed by atoms with E-state index in [4.69, 9.17) is 0 Å². The van der Waals surface area contributed by atoms with E-state index in [0.717, 1.165) is 0 Å². The summed E-state index contributed by atoms with van der Waals surface area (Å²) in [4.78, 5) is 8.24. The summed E-state index contributed by atoms with van der Waals surface area (Å²) in [6.07, 6.45) is 14.0. The summed E-state index contributed by atoms with van der Waals surface area (Å²) in [5.74, 6) is 0. The molecule has 1 heterocycles. The second-order valence-corrected chi connectivity index (χ2v) is 2.43. The minimum atomic E-state index is 0.486. The third-order valence-corrected chi connectivity index (χ3v) is 1.44. The van der Waals surface area contributed by atoms with E-state index in [1.165, 1.54) is 19.3 Å². The highest BCUT2D eigenvalue weighted by atomic mass is 17.3. The Labute approximate surface area is 72.3 Å². The molecule has 0 unspecified atom stereocenters. The maximum Gasteiger partial charge on any atom is 0.135 e. The zero-order chi connectivity index (χ0) is 8.49. The van der Waals surface area contributed by atoms with E-state index < -0.39 is 0 Å². The lowest BCUT2D eigenvalue weighted by Gasteiger charge is -1.81. The molecule has 0 saturated heterocycles. The standard InChI is InChI=1S/C7H10.C2H3NO2/c1-2-4-6-7-5-3-1;1-2-4-5-3-1/h1-4H,5-7H2;1H,2H2. The first-order valence-electron chi connectivity index (χ1n) is 4.12.